The first-order valence-corrected chi connectivity index (χ1v) is 14.5. The van der Waals surface area contributed by atoms with Crippen molar-refractivity contribution in [3.8, 4) is 0 Å². The van der Waals surface area contributed by atoms with Crippen molar-refractivity contribution < 1.29 is 42.8 Å². The standard InChI is InChI=1S/C17H22O5.C16H22O4.CH4.H3P/c1-10(2)14-11(3)15(17(22-14)20-12(4)18)21-16(19)13-8-6-5-7-9-13;1-10(2)13-11(3)14(16(18-4)20-13)19-15(17)12-8-6-5-7-9-12;;/h5-11,14-15,17H,1-4H3;5-11,13-14,16H,1-4H3;1H4;1H3/t11-,14-,15?,17?;11-,13-,14?,16?;;/m11../s1. The SMILES string of the molecule is C.CC(=O)OC1O[C@H](C(C)C)[C@@H](C)C1OC(=O)c1ccccc1.COC1O[C@H](C(C)C)[C@@H](C)C1OC(=O)c1ccccc1.P. The highest BCUT2D eigenvalue weighted by Gasteiger charge is 2.48. The van der Waals surface area contributed by atoms with E-state index in [0.29, 0.717) is 17.0 Å². The van der Waals surface area contributed by atoms with Crippen LogP contribution < -0.4 is 0 Å². The van der Waals surface area contributed by atoms with Crippen LogP contribution in [0.3, 0.4) is 0 Å². The normalized spacial score (nSPS) is 27.3. The van der Waals surface area contributed by atoms with Gasteiger partial charge < -0.3 is 28.4 Å². The Morgan fingerprint density at radius 1 is 0.659 bits per heavy atom. The van der Waals surface area contributed by atoms with E-state index in [-0.39, 0.29) is 59.4 Å². The lowest BCUT2D eigenvalue weighted by Crippen LogP contribution is -2.34. The largest absolute Gasteiger partial charge is 0.453 e. The minimum atomic E-state index is -0.854. The quantitative estimate of drug-likeness (QED) is 0.186. The first-order valence-electron chi connectivity index (χ1n) is 14.5. The summed E-state index contributed by atoms with van der Waals surface area (Å²) in [7, 11) is 1.57. The zero-order valence-electron chi connectivity index (χ0n) is 26.4. The topological polar surface area (TPSA) is 107 Å². The summed E-state index contributed by atoms with van der Waals surface area (Å²) in [6, 6.07) is 17.7. The van der Waals surface area contributed by atoms with Crippen LogP contribution in [0.1, 0.15) is 76.6 Å². The van der Waals surface area contributed by atoms with Gasteiger partial charge in [0, 0.05) is 25.9 Å². The molecule has 2 aliphatic heterocycles. The van der Waals surface area contributed by atoms with E-state index in [1.807, 2.05) is 52.0 Å². The lowest BCUT2D eigenvalue weighted by atomic mass is 9.93. The second-order valence-corrected chi connectivity index (χ2v) is 11.5. The maximum Gasteiger partial charge on any atom is 0.338 e. The molecule has 4 rings (SSSR count). The molecule has 0 aromatic heterocycles. The molecule has 246 valence electrons. The lowest BCUT2D eigenvalue weighted by molar-refractivity contribution is -0.188. The Labute approximate surface area is 265 Å². The smallest absolute Gasteiger partial charge is 0.338 e. The Kier molecular flexibility index (Phi) is 16.2. The average molecular weight is 635 g/mol. The summed E-state index contributed by atoms with van der Waals surface area (Å²) < 4.78 is 33.3. The molecule has 2 aliphatic rings. The Balaban J connectivity index is 0.000000422. The number of ether oxygens (including phenoxy) is 6. The van der Waals surface area contributed by atoms with Gasteiger partial charge >= 0.3 is 17.9 Å². The highest BCUT2D eigenvalue weighted by molar-refractivity contribution is 6.92. The summed E-state index contributed by atoms with van der Waals surface area (Å²) in [5.74, 6) is -0.608. The van der Waals surface area contributed by atoms with Gasteiger partial charge in [-0.25, -0.2) is 9.59 Å². The van der Waals surface area contributed by atoms with Crippen molar-refractivity contribution in [2.24, 2.45) is 23.7 Å². The second kappa shape index (κ2) is 18.2. The molecule has 44 heavy (non-hydrogen) atoms. The zero-order valence-corrected chi connectivity index (χ0v) is 27.8. The molecule has 9 atom stereocenters. The number of esters is 3. The van der Waals surface area contributed by atoms with Crippen LogP contribution in [-0.4, -0.2) is 62.0 Å². The van der Waals surface area contributed by atoms with Crippen molar-refractivity contribution in [3.63, 3.8) is 0 Å². The van der Waals surface area contributed by atoms with Gasteiger partial charge in [-0.05, 0) is 36.1 Å². The van der Waals surface area contributed by atoms with Crippen LogP contribution in [-0.2, 0) is 33.2 Å². The summed E-state index contributed by atoms with van der Waals surface area (Å²) >= 11 is 0. The van der Waals surface area contributed by atoms with Gasteiger partial charge in [0.1, 0.15) is 0 Å². The first-order chi connectivity index (χ1) is 19.9. The number of hydrogen-bond acceptors (Lipinski definition) is 9. The van der Waals surface area contributed by atoms with Gasteiger partial charge in [0.05, 0.1) is 23.3 Å². The van der Waals surface area contributed by atoms with Crippen molar-refractivity contribution in [3.05, 3.63) is 71.8 Å². The van der Waals surface area contributed by atoms with Gasteiger partial charge in [0.15, 0.2) is 18.5 Å². The van der Waals surface area contributed by atoms with E-state index in [4.69, 9.17) is 28.4 Å². The van der Waals surface area contributed by atoms with E-state index in [9.17, 15) is 14.4 Å². The van der Waals surface area contributed by atoms with Crippen LogP contribution in [0.2, 0.25) is 0 Å². The predicted molar refractivity (Wildman–Crippen MR) is 173 cm³/mol. The third-order valence-corrected chi connectivity index (χ3v) is 7.53. The van der Waals surface area contributed by atoms with E-state index in [1.165, 1.54) is 6.92 Å². The molecule has 2 aromatic rings. The molecule has 10 heteroatoms. The molecule has 0 saturated carbocycles. The summed E-state index contributed by atoms with van der Waals surface area (Å²) in [5, 5.41) is 0. The molecule has 9 nitrogen and oxygen atoms in total. The minimum Gasteiger partial charge on any atom is -0.453 e. The molecular weight excluding hydrogens is 583 g/mol. The fourth-order valence-corrected chi connectivity index (χ4v) is 5.42. The van der Waals surface area contributed by atoms with Crippen molar-refractivity contribution in [1.82, 2.24) is 0 Å². The van der Waals surface area contributed by atoms with Gasteiger partial charge in [-0.3, -0.25) is 4.79 Å². The van der Waals surface area contributed by atoms with E-state index < -0.39 is 30.6 Å². The maximum absolute atomic E-state index is 12.2. The molecule has 5 unspecified atom stereocenters. The van der Waals surface area contributed by atoms with Gasteiger partial charge in [-0.15, -0.1) is 0 Å². The third kappa shape index (κ3) is 10.1. The molecule has 0 radical (unpaired) electrons. The van der Waals surface area contributed by atoms with Crippen LogP contribution in [0.4, 0.5) is 0 Å². The summed E-state index contributed by atoms with van der Waals surface area (Å²) in [6.07, 6.45) is -2.42. The van der Waals surface area contributed by atoms with Crippen LogP contribution in [0.5, 0.6) is 0 Å². The molecule has 2 fully saturated rings. The molecule has 0 N–H and O–H groups in total. The summed E-state index contributed by atoms with van der Waals surface area (Å²) in [6.45, 7) is 13.5. The summed E-state index contributed by atoms with van der Waals surface area (Å²) in [5.41, 5.74) is 1.01. The van der Waals surface area contributed by atoms with Gasteiger partial charge in [0.2, 0.25) is 6.29 Å². The lowest BCUT2D eigenvalue weighted by Gasteiger charge is -2.21. The Morgan fingerprint density at radius 3 is 1.36 bits per heavy atom. The van der Waals surface area contributed by atoms with Gasteiger partial charge in [0.25, 0.3) is 0 Å². The average Bonchev–Trinajstić information content (AvgIpc) is 3.45. The summed E-state index contributed by atoms with van der Waals surface area (Å²) in [4.78, 5) is 35.6. The molecule has 2 saturated heterocycles. The number of carbonyl (C=O) groups excluding carboxylic acids is 3. The predicted octanol–water partition coefficient (Wildman–Crippen LogP) is 6.36. The van der Waals surface area contributed by atoms with Crippen LogP contribution in [0.15, 0.2) is 60.7 Å². The molecule has 2 aromatic carbocycles. The molecule has 0 aliphatic carbocycles. The van der Waals surface area contributed by atoms with E-state index in [0.717, 1.165) is 0 Å². The van der Waals surface area contributed by atoms with E-state index >= 15 is 0 Å². The van der Waals surface area contributed by atoms with E-state index in [1.54, 1.807) is 43.5 Å². The monoisotopic (exact) mass is 634 g/mol. The fraction of sp³-hybridized carbons (Fsp3) is 0.559. The number of carbonyl (C=O) groups is 3. The van der Waals surface area contributed by atoms with Crippen LogP contribution in [0.25, 0.3) is 0 Å². The Hall–Kier alpha value is -2.84. The molecule has 2 heterocycles. The third-order valence-electron chi connectivity index (χ3n) is 7.53. The van der Waals surface area contributed by atoms with Crippen molar-refractivity contribution in [2.75, 3.05) is 7.11 Å². The fourth-order valence-electron chi connectivity index (χ4n) is 5.42. The molecule has 0 bridgehead atoms. The molecular formula is C34H51O9P. The van der Waals surface area contributed by atoms with Crippen molar-refractivity contribution in [1.29, 1.82) is 0 Å². The van der Waals surface area contributed by atoms with Gasteiger partial charge in [-0.1, -0.05) is 85.4 Å². The zero-order chi connectivity index (χ0) is 31.0. The minimum absolute atomic E-state index is 0. The van der Waals surface area contributed by atoms with Gasteiger partial charge in [-0.2, -0.15) is 9.90 Å². The second-order valence-electron chi connectivity index (χ2n) is 11.5. The van der Waals surface area contributed by atoms with Crippen molar-refractivity contribution in [2.45, 2.75) is 92.9 Å². The maximum atomic E-state index is 12.2. The Bertz CT molecular complexity index is 1160. The number of benzene rings is 2. The highest BCUT2D eigenvalue weighted by Crippen LogP contribution is 2.35. The number of hydrogen-bond donors (Lipinski definition) is 0. The van der Waals surface area contributed by atoms with E-state index in [2.05, 4.69) is 13.8 Å². The molecule has 0 spiro atoms. The Morgan fingerprint density at radius 2 is 1.02 bits per heavy atom. The number of rotatable bonds is 8. The number of methoxy groups -OCH3 is 1. The van der Waals surface area contributed by atoms with Crippen LogP contribution >= 0.6 is 9.90 Å². The first kappa shape index (κ1) is 39.2. The van der Waals surface area contributed by atoms with Crippen LogP contribution in [0, 0.1) is 23.7 Å². The van der Waals surface area contributed by atoms with Crippen molar-refractivity contribution >= 4 is 27.8 Å². The molecule has 0 amide bonds. The highest BCUT2D eigenvalue weighted by atomic mass is 31.0.